The average Bonchev–Trinajstić information content (AvgIpc) is 2.74. The fraction of sp³-hybridized carbons (Fsp3) is 0.467. The molecule has 0 saturated carbocycles. The van der Waals surface area contributed by atoms with E-state index in [1.54, 1.807) is 0 Å². The van der Waals surface area contributed by atoms with Gasteiger partial charge in [-0.3, -0.25) is 0 Å². The van der Waals surface area contributed by atoms with Crippen LogP contribution in [0.5, 0.6) is 0 Å². The number of aliphatic hydroxyl groups is 1. The van der Waals surface area contributed by atoms with Crippen molar-refractivity contribution in [3.8, 4) is 0 Å². The fourth-order valence-electron chi connectivity index (χ4n) is 2.49. The van der Waals surface area contributed by atoms with Crippen LogP contribution in [-0.2, 0) is 26.2 Å². The Labute approximate surface area is 160 Å². The molecule has 2 aliphatic rings. The second-order valence-electron chi connectivity index (χ2n) is 4.89. The van der Waals surface area contributed by atoms with Crippen LogP contribution < -0.4 is 37.2 Å². The van der Waals surface area contributed by atoms with Gasteiger partial charge in [0.15, 0.2) is 0 Å². The van der Waals surface area contributed by atoms with Crippen molar-refractivity contribution in [1.29, 1.82) is 0 Å². The van der Waals surface area contributed by atoms with Crippen molar-refractivity contribution in [3.63, 3.8) is 0 Å². The van der Waals surface area contributed by atoms with E-state index >= 15 is 0 Å². The molecule has 1 N–H and O–H groups in total. The molecule has 0 bridgehead atoms. The van der Waals surface area contributed by atoms with Crippen molar-refractivity contribution in [3.05, 3.63) is 45.6 Å². The van der Waals surface area contributed by atoms with Crippen LogP contribution in [0, 0.1) is 0 Å². The summed E-state index contributed by atoms with van der Waals surface area (Å²) >= 11 is 0. The van der Waals surface area contributed by atoms with Crippen LogP contribution in [0.1, 0.15) is 40.5 Å². The Morgan fingerprint density at radius 3 is 1.30 bits per heavy atom. The summed E-state index contributed by atoms with van der Waals surface area (Å²) in [5, 5.41) is 10.4. The second kappa shape index (κ2) is 10.4. The Balaban J connectivity index is -0.000000722. The zero-order valence-electron chi connectivity index (χ0n) is 12.2. The van der Waals surface area contributed by atoms with E-state index < -0.39 is 0 Å². The number of rotatable bonds is 2. The molecule has 2 aliphatic carbocycles. The third-order valence-corrected chi connectivity index (χ3v) is 4.06. The molecular weight excluding hydrogens is 394 g/mol. The minimum atomic E-state index is -0.373. The van der Waals surface area contributed by atoms with Crippen molar-refractivity contribution in [2.75, 3.05) is 0 Å². The summed E-state index contributed by atoms with van der Waals surface area (Å²) in [6.07, 6.45) is 5.86. The molecule has 111 valence electrons. The van der Waals surface area contributed by atoms with Gasteiger partial charge in [0.25, 0.3) is 0 Å². The van der Waals surface area contributed by atoms with Crippen LogP contribution in [0.3, 0.4) is 0 Å². The molecule has 1 radical (unpaired) electrons. The maximum Gasteiger partial charge on any atom is 3.00 e. The van der Waals surface area contributed by atoms with Crippen molar-refractivity contribution < 1.29 is 68.5 Å². The van der Waals surface area contributed by atoms with Gasteiger partial charge in [-0.15, -0.1) is 0 Å². The van der Waals surface area contributed by atoms with Crippen LogP contribution in [-0.4, -0.2) is 11.2 Å². The second-order valence-corrected chi connectivity index (χ2v) is 4.89. The smallest absolute Gasteiger partial charge is 1.00 e. The van der Waals surface area contributed by atoms with Crippen LogP contribution in [0.4, 0.5) is 0 Å². The molecule has 0 aliphatic heterocycles. The van der Waals surface area contributed by atoms with E-state index in [0.717, 1.165) is 12.8 Å². The molecule has 0 heterocycles. The first kappa shape index (κ1) is 25.6. The van der Waals surface area contributed by atoms with Gasteiger partial charge in [0.2, 0.25) is 0 Å². The van der Waals surface area contributed by atoms with E-state index in [1.807, 2.05) is 0 Å². The molecule has 0 aromatic rings. The van der Waals surface area contributed by atoms with Gasteiger partial charge in [-0.2, -0.15) is 0 Å². The molecule has 2 rings (SSSR count). The quantitative estimate of drug-likeness (QED) is 0.479. The molecule has 0 saturated heterocycles. The molecule has 0 atom stereocenters. The Kier molecular flexibility index (Phi) is 13.3. The zero-order valence-corrected chi connectivity index (χ0v) is 17.0. The minimum Gasteiger partial charge on any atom is -1.00 e. The first-order chi connectivity index (χ1) is 7.52. The number of hydrogen-bond donors (Lipinski definition) is 1. The molecule has 1 nitrogen and oxygen atoms in total. The number of allylic oxidation sites excluding steroid dienone is 6. The maximum absolute atomic E-state index is 10.4. The van der Waals surface area contributed by atoms with E-state index in [-0.39, 0.29) is 69.5 Å². The van der Waals surface area contributed by atoms with Crippen molar-refractivity contribution in [2.24, 2.45) is 0 Å². The summed E-state index contributed by atoms with van der Waals surface area (Å²) in [4.78, 5) is 0. The van der Waals surface area contributed by atoms with Gasteiger partial charge in [0, 0.05) is 0 Å². The van der Waals surface area contributed by atoms with Gasteiger partial charge < -0.3 is 42.3 Å². The Morgan fingerprint density at radius 1 is 0.800 bits per heavy atom. The van der Waals surface area contributed by atoms with Crippen LogP contribution >= 0.6 is 0 Å². The molecule has 0 aromatic heterocycles. The van der Waals surface area contributed by atoms with Crippen LogP contribution in [0.2, 0.25) is 0 Å². The summed E-state index contributed by atoms with van der Waals surface area (Å²) in [5.74, 6) is 0. The van der Waals surface area contributed by atoms with E-state index in [2.05, 4.69) is 39.8 Å². The number of hydrogen-bond acceptors (Lipinski definition) is 1. The van der Waals surface area contributed by atoms with Crippen LogP contribution in [0.25, 0.3) is 0 Å². The zero-order chi connectivity index (χ0) is 11.9. The molecule has 0 spiro atoms. The molecule has 5 heteroatoms. The summed E-state index contributed by atoms with van der Waals surface area (Å²) < 4.78 is 0. The fourth-order valence-corrected chi connectivity index (χ4v) is 2.49. The largest absolute Gasteiger partial charge is 3.00 e. The molecule has 0 fully saturated rings. The molecule has 0 aromatic carbocycles. The average molecular weight is 414 g/mol. The van der Waals surface area contributed by atoms with E-state index in [1.165, 1.54) is 33.4 Å². The third-order valence-electron chi connectivity index (χ3n) is 4.06. The topological polar surface area (TPSA) is 20.2 Å². The summed E-state index contributed by atoms with van der Waals surface area (Å²) in [6.45, 7) is 8.47. The number of halogens is 3. The normalized spacial score (nSPS) is 16.9. The van der Waals surface area contributed by atoms with Crippen molar-refractivity contribution >= 4 is 0 Å². The van der Waals surface area contributed by atoms with E-state index in [9.17, 15) is 5.11 Å². The van der Waals surface area contributed by atoms with Gasteiger partial charge >= 0.3 is 26.2 Å². The Bertz CT molecular complexity index is 420. The van der Waals surface area contributed by atoms with Gasteiger partial charge in [-0.25, -0.2) is 0 Å². The Hall–Kier alpha value is 0.673. The van der Waals surface area contributed by atoms with Gasteiger partial charge in [-0.05, 0) is 62.8 Å². The van der Waals surface area contributed by atoms with E-state index in [0.29, 0.717) is 0 Å². The van der Waals surface area contributed by atoms with Crippen molar-refractivity contribution in [1.82, 2.24) is 0 Å². The summed E-state index contributed by atoms with van der Waals surface area (Å²) in [7, 11) is 0. The molecular formula is C15H20Cl3OZr. The SMILES string of the molecule is CC1=CCC(C(O)C2=C(C)C(C)=CC2)=C1C.[Cl-].[Cl-].[Cl-].[Zr+3]. The molecule has 20 heavy (non-hydrogen) atoms. The first-order valence-corrected chi connectivity index (χ1v) is 5.94. The van der Waals surface area contributed by atoms with Crippen molar-refractivity contribution in [2.45, 2.75) is 46.6 Å². The predicted molar refractivity (Wildman–Crippen MR) is 68.2 cm³/mol. The monoisotopic (exact) mass is 411 g/mol. The summed E-state index contributed by atoms with van der Waals surface area (Å²) in [6, 6.07) is 0. The predicted octanol–water partition coefficient (Wildman–Crippen LogP) is -5.31. The van der Waals surface area contributed by atoms with Crippen LogP contribution in [0.15, 0.2) is 45.6 Å². The van der Waals surface area contributed by atoms with Gasteiger partial charge in [0.05, 0.1) is 6.10 Å². The summed E-state index contributed by atoms with van der Waals surface area (Å²) in [5.41, 5.74) is 7.56. The standard InChI is InChI=1S/C15H20O.3ClH.Zr/c1-9-5-7-13(11(9)3)15(16)14-8-6-10(2)12(14)4;;;;/h5-6,15-16H,7-8H2,1-4H3;3*1H;/q;;;;+3/p-3. The molecule has 0 amide bonds. The third kappa shape index (κ3) is 4.85. The Morgan fingerprint density at radius 2 is 1.10 bits per heavy atom. The van der Waals surface area contributed by atoms with Gasteiger partial charge in [-0.1, -0.05) is 23.3 Å². The maximum atomic E-state index is 10.4. The number of aliphatic hydroxyl groups excluding tert-OH is 1. The van der Waals surface area contributed by atoms with E-state index in [4.69, 9.17) is 0 Å². The first-order valence-electron chi connectivity index (χ1n) is 5.94. The van der Waals surface area contributed by atoms with Gasteiger partial charge in [0.1, 0.15) is 0 Å². The minimum absolute atomic E-state index is 0. The molecule has 0 unspecified atom stereocenters.